The smallest absolute Gasteiger partial charge is 0.181 e. The Labute approximate surface area is 107 Å². The number of aromatic nitrogens is 4. The molecule has 0 amide bonds. The first-order valence-corrected chi connectivity index (χ1v) is 5.72. The molecule has 3 heterocycles. The summed E-state index contributed by atoms with van der Waals surface area (Å²) in [6, 6.07) is 0. The van der Waals surface area contributed by atoms with E-state index in [-0.39, 0.29) is 0 Å². The van der Waals surface area contributed by atoms with Gasteiger partial charge in [0.05, 0.1) is 0 Å². The van der Waals surface area contributed by atoms with E-state index in [9.17, 15) is 5.11 Å². The van der Waals surface area contributed by atoms with Crippen molar-refractivity contribution in [1.82, 2.24) is 19.5 Å². The summed E-state index contributed by atoms with van der Waals surface area (Å²) in [5.74, 6) is 0.649. The molecule has 0 radical (unpaired) electrons. The third-order valence-electron chi connectivity index (χ3n) is 2.83. The van der Waals surface area contributed by atoms with E-state index in [0.29, 0.717) is 29.2 Å². The maximum Gasteiger partial charge on any atom is 0.181 e. The Morgan fingerprint density at radius 1 is 1.50 bits per heavy atom. The Balaban J connectivity index is 2.04. The Hall–Kier alpha value is -1.86. The number of hydrogen-bond acceptors (Lipinski definition) is 6. The molecule has 0 bridgehead atoms. The lowest BCUT2D eigenvalue weighted by Gasteiger charge is -2.11. The molecule has 1 unspecified atom stereocenters. The van der Waals surface area contributed by atoms with Gasteiger partial charge in [-0.3, -0.25) is 4.57 Å². The van der Waals surface area contributed by atoms with Crippen molar-refractivity contribution in [2.45, 2.75) is 18.8 Å². The second-order valence-electron chi connectivity index (χ2n) is 3.92. The number of aliphatic hydroxyl groups excluding tert-OH is 1. The summed E-state index contributed by atoms with van der Waals surface area (Å²) in [7, 11) is 0. The summed E-state index contributed by atoms with van der Waals surface area (Å²) >= 11 is 5.56. The fourth-order valence-electron chi connectivity index (χ4n) is 1.94. The number of imidazole rings is 1. The number of hydrogen-bond donors (Lipinski definition) is 2. The van der Waals surface area contributed by atoms with Gasteiger partial charge < -0.3 is 15.6 Å². The van der Waals surface area contributed by atoms with E-state index < -0.39 is 12.3 Å². The van der Waals surface area contributed by atoms with E-state index in [1.165, 1.54) is 11.9 Å². The molecule has 3 N–H and O–H groups in total. The minimum atomic E-state index is -0.718. The van der Waals surface area contributed by atoms with Crippen molar-refractivity contribution in [2.24, 2.45) is 0 Å². The number of nitrogens with zero attached hydrogens (tertiary/aromatic N) is 4. The number of ether oxygens (including phenoxy) is 1. The molecule has 1 saturated heterocycles. The second kappa shape index (κ2) is 4.11. The molecular weight excluding hydrogens is 258 g/mol. The molecule has 2 aromatic rings. The third kappa shape index (κ3) is 1.59. The highest BCUT2D eigenvalue weighted by Gasteiger charge is 2.31. The summed E-state index contributed by atoms with van der Waals surface area (Å²) in [4.78, 5) is 12.1. The van der Waals surface area contributed by atoms with Crippen LogP contribution in [0.25, 0.3) is 11.2 Å². The Bertz CT molecular complexity index is 626. The summed E-state index contributed by atoms with van der Waals surface area (Å²) < 4.78 is 7.21. The number of anilines is 1. The van der Waals surface area contributed by atoms with Crippen LogP contribution in [-0.2, 0) is 4.74 Å². The maximum atomic E-state index is 9.72. The van der Waals surface area contributed by atoms with Crippen LogP contribution in [0.1, 0.15) is 12.6 Å². The van der Waals surface area contributed by atoms with Crippen molar-refractivity contribution >= 4 is 28.6 Å². The molecule has 0 saturated carbocycles. The molecule has 0 aromatic carbocycles. The van der Waals surface area contributed by atoms with Crippen LogP contribution < -0.4 is 5.73 Å². The van der Waals surface area contributed by atoms with E-state index in [1.807, 2.05) is 0 Å². The van der Waals surface area contributed by atoms with Crippen molar-refractivity contribution in [3.63, 3.8) is 0 Å². The first-order valence-electron chi connectivity index (χ1n) is 5.28. The third-order valence-corrected chi connectivity index (χ3v) is 3.05. The average Bonchev–Trinajstić information content (AvgIpc) is 2.93. The number of halogens is 1. The second-order valence-corrected chi connectivity index (χ2v) is 4.14. The Kier molecular flexibility index (Phi) is 2.57. The number of nitrogen functional groups attached to an aromatic ring is 1. The van der Waals surface area contributed by atoms with Crippen LogP contribution in [0.3, 0.4) is 0 Å². The monoisotopic (exact) mass is 267 g/mol. The lowest BCUT2D eigenvalue weighted by Crippen LogP contribution is -2.08. The fourth-order valence-corrected chi connectivity index (χ4v) is 2.14. The van der Waals surface area contributed by atoms with Crippen molar-refractivity contribution < 1.29 is 9.84 Å². The van der Waals surface area contributed by atoms with Gasteiger partial charge in [0.15, 0.2) is 17.7 Å². The summed E-state index contributed by atoms with van der Waals surface area (Å²) in [6.07, 6.45) is 2.19. The van der Waals surface area contributed by atoms with Crippen molar-refractivity contribution in [3.05, 3.63) is 23.9 Å². The van der Waals surface area contributed by atoms with Gasteiger partial charge in [0, 0.05) is 12.0 Å². The van der Waals surface area contributed by atoms with Crippen LogP contribution >= 0.6 is 11.6 Å². The minimum absolute atomic E-state index is 0.311. The van der Waals surface area contributed by atoms with E-state index >= 15 is 0 Å². The molecule has 1 aliphatic heterocycles. The molecule has 0 spiro atoms. The highest BCUT2D eigenvalue weighted by Crippen LogP contribution is 2.33. The SMILES string of the molecule is Nc1ncnc2c1ncn2[C@H]1CC(O)/C(=C/Cl)O1. The van der Waals surface area contributed by atoms with E-state index in [0.717, 1.165) is 0 Å². The minimum Gasteiger partial charge on any atom is -0.471 e. The first-order chi connectivity index (χ1) is 8.70. The van der Waals surface area contributed by atoms with Gasteiger partial charge in [-0.15, -0.1) is 0 Å². The number of nitrogens with two attached hydrogens (primary N) is 1. The van der Waals surface area contributed by atoms with E-state index in [2.05, 4.69) is 15.0 Å². The average molecular weight is 268 g/mol. The molecule has 1 fully saturated rings. The Morgan fingerprint density at radius 3 is 3.06 bits per heavy atom. The molecule has 2 atom stereocenters. The van der Waals surface area contributed by atoms with Crippen LogP contribution in [0.15, 0.2) is 23.9 Å². The highest BCUT2D eigenvalue weighted by molar-refractivity contribution is 6.25. The van der Waals surface area contributed by atoms with Crippen LogP contribution in [-0.4, -0.2) is 30.7 Å². The predicted molar refractivity (Wildman–Crippen MR) is 64.4 cm³/mol. The zero-order valence-corrected chi connectivity index (χ0v) is 9.95. The van der Waals surface area contributed by atoms with Gasteiger partial charge in [-0.1, -0.05) is 11.6 Å². The van der Waals surface area contributed by atoms with Gasteiger partial charge in [0.25, 0.3) is 0 Å². The molecule has 7 nitrogen and oxygen atoms in total. The molecule has 94 valence electrons. The van der Waals surface area contributed by atoms with Gasteiger partial charge in [-0.25, -0.2) is 15.0 Å². The van der Waals surface area contributed by atoms with Gasteiger partial charge in [-0.05, 0) is 0 Å². The lowest BCUT2D eigenvalue weighted by molar-refractivity contribution is 0.101. The summed E-state index contributed by atoms with van der Waals surface area (Å²) in [6.45, 7) is 0. The molecule has 1 aliphatic rings. The van der Waals surface area contributed by atoms with Gasteiger partial charge in [-0.2, -0.15) is 0 Å². The topological polar surface area (TPSA) is 99.1 Å². The summed E-state index contributed by atoms with van der Waals surface area (Å²) in [5, 5.41) is 9.72. The van der Waals surface area contributed by atoms with Gasteiger partial charge in [0.1, 0.15) is 30.0 Å². The normalized spacial score (nSPS) is 25.8. The zero-order valence-electron chi connectivity index (χ0n) is 9.19. The van der Waals surface area contributed by atoms with Crippen LogP contribution in [0.2, 0.25) is 0 Å². The molecule has 0 aliphatic carbocycles. The van der Waals surface area contributed by atoms with Crippen molar-refractivity contribution in [3.8, 4) is 0 Å². The number of aliphatic hydroxyl groups is 1. The van der Waals surface area contributed by atoms with Gasteiger partial charge in [0.2, 0.25) is 0 Å². The molecular formula is C10H10ClN5O2. The fraction of sp³-hybridized carbons (Fsp3) is 0.300. The largest absolute Gasteiger partial charge is 0.471 e. The van der Waals surface area contributed by atoms with E-state index in [1.54, 1.807) is 10.9 Å². The maximum absolute atomic E-state index is 9.72. The zero-order chi connectivity index (χ0) is 12.7. The first kappa shape index (κ1) is 11.2. The summed E-state index contributed by atoms with van der Waals surface area (Å²) in [5.41, 5.74) is 8.01. The standard InChI is InChI=1S/C10H10ClN5O2/c11-2-6-5(17)1-7(18-6)16-4-15-8-9(12)13-3-14-10(8)16/h2-5,7,17H,1H2,(H2,12,13,14)/b6-2-/t5?,7-/m1/s1. The molecule has 2 aromatic heterocycles. The molecule has 3 rings (SSSR count). The Morgan fingerprint density at radius 2 is 2.33 bits per heavy atom. The number of fused-ring (bicyclic) bond motifs is 1. The van der Waals surface area contributed by atoms with E-state index in [4.69, 9.17) is 22.1 Å². The van der Waals surface area contributed by atoms with Crippen molar-refractivity contribution in [1.29, 1.82) is 0 Å². The van der Waals surface area contributed by atoms with Crippen LogP contribution in [0, 0.1) is 0 Å². The highest BCUT2D eigenvalue weighted by atomic mass is 35.5. The van der Waals surface area contributed by atoms with Crippen LogP contribution in [0.4, 0.5) is 5.82 Å². The van der Waals surface area contributed by atoms with Crippen molar-refractivity contribution in [2.75, 3.05) is 5.73 Å². The van der Waals surface area contributed by atoms with Gasteiger partial charge >= 0.3 is 0 Å². The molecule has 18 heavy (non-hydrogen) atoms. The van der Waals surface area contributed by atoms with Crippen LogP contribution in [0.5, 0.6) is 0 Å². The lowest BCUT2D eigenvalue weighted by atomic mass is 10.2. The molecule has 8 heteroatoms. The predicted octanol–water partition coefficient (Wildman–Crippen LogP) is 0.769. The number of rotatable bonds is 1. The quantitative estimate of drug-likeness (QED) is 0.792.